The van der Waals surface area contributed by atoms with Crippen LogP contribution in [0.25, 0.3) is 0 Å². The number of pyridine rings is 2. The van der Waals surface area contributed by atoms with Gasteiger partial charge in [-0.1, -0.05) is 6.07 Å². The van der Waals surface area contributed by atoms with Crippen molar-refractivity contribution in [3.8, 4) is 0 Å². The minimum Gasteiger partial charge on any atom is -0.351 e. The Morgan fingerprint density at radius 1 is 1.22 bits per heavy atom. The third kappa shape index (κ3) is 3.52. The van der Waals surface area contributed by atoms with E-state index in [1.165, 1.54) is 0 Å². The van der Waals surface area contributed by atoms with Crippen LogP contribution < -0.4 is 10.6 Å². The predicted molar refractivity (Wildman–Crippen MR) is 87.7 cm³/mol. The van der Waals surface area contributed by atoms with Crippen LogP contribution in [0.15, 0.2) is 48.9 Å². The van der Waals surface area contributed by atoms with Gasteiger partial charge in [-0.3, -0.25) is 14.5 Å². The van der Waals surface area contributed by atoms with E-state index >= 15 is 0 Å². The van der Waals surface area contributed by atoms with Gasteiger partial charge >= 0.3 is 0 Å². The van der Waals surface area contributed by atoms with Crippen LogP contribution in [0.1, 0.15) is 16.2 Å². The lowest BCUT2D eigenvalue weighted by Crippen LogP contribution is -2.15. The number of carbonyl (C=O) groups excluding carboxylic acids is 1. The Bertz CT molecular complexity index is 828. The van der Waals surface area contributed by atoms with E-state index in [9.17, 15) is 4.79 Å². The van der Waals surface area contributed by atoms with Crippen molar-refractivity contribution in [3.63, 3.8) is 0 Å². The van der Waals surface area contributed by atoms with Crippen LogP contribution in [-0.2, 0) is 7.05 Å². The van der Waals surface area contributed by atoms with Crippen LogP contribution in [0.5, 0.6) is 0 Å². The summed E-state index contributed by atoms with van der Waals surface area (Å²) < 4.78 is 1.58. The maximum atomic E-state index is 12.5. The van der Waals surface area contributed by atoms with Gasteiger partial charge < -0.3 is 10.6 Å². The number of nitrogens with one attached hydrogen (secondary N) is 2. The van der Waals surface area contributed by atoms with Crippen molar-refractivity contribution in [2.24, 2.45) is 7.05 Å². The Balaban J connectivity index is 1.83. The van der Waals surface area contributed by atoms with Crippen molar-refractivity contribution >= 4 is 23.1 Å². The van der Waals surface area contributed by atoms with Gasteiger partial charge in [0.2, 0.25) is 0 Å². The first-order chi connectivity index (χ1) is 11.1. The fourth-order valence-corrected chi connectivity index (χ4v) is 2.13. The SMILES string of the molecule is Cc1cccc(NC(=O)c2nn(C)cc2Nc2cccnc2)n1. The van der Waals surface area contributed by atoms with Gasteiger partial charge in [-0.05, 0) is 31.2 Å². The van der Waals surface area contributed by atoms with E-state index in [2.05, 4.69) is 25.7 Å². The molecule has 2 N–H and O–H groups in total. The molecular formula is C16H16N6O. The third-order valence-corrected chi connectivity index (χ3v) is 3.11. The van der Waals surface area contributed by atoms with Gasteiger partial charge in [-0.15, -0.1) is 0 Å². The molecule has 0 saturated heterocycles. The summed E-state index contributed by atoms with van der Waals surface area (Å²) in [6.07, 6.45) is 5.10. The first kappa shape index (κ1) is 14.7. The quantitative estimate of drug-likeness (QED) is 0.773. The summed E-state index contributed by atoms with van der Waals surface area (Å²) in [6.45, 7) is 1.87. The van der Waals surface area contributed by atoms with Gasteiger partial charge in [0.1, 0.15) is 5.82 Å². The molecule has 0 saturated carbocycles. The second kappa shape index (κ2) is 6.27. The lowest BCUT2D eigenvalue weighted by Gasteiger charge is -2.07. The van der Waals surface area contributed by atoms with Crippen molar-refractivity contribution in [1.82, 2.24) is 19.7 Å². The van der Waals surface area contributed by atoms with E-state index in [4.69, 9.17) is 0 Å². The van der Waals surface area contributed by atoms with Gasteiger partial charge in [0, 0.05) is 25.1 Å². The zero-order chi connectivity index (χ0) is 16.2. The van der Waals surface area contributed by atoms with Crippen LogP contribution in [0.3, 0.4) is 0 Å². The number of aromatic nitrogens is 4. The molecule has 1 amide bonds. The van der Waals surface area contributed by atoms with Gasteiger partial charge in [-0.2, -0.15) is 5.10 Å². The first-order valence-electron chi connectivity index (χ1n) is 7.07. The highest BCUT2D eigenvalue weighted by Crippen LogP contribution is 2.20. The topological polar surface area (TPSA) is 84.7 Å². The maximum absolute atomic E-state index is 12.5. The monoisotopic (exact) mass is 308 g/mol. The van der Waals surface area contributed by atoms with Crippen LogP contribution in [0, 0.1) is 6.92 Å². The second-order valence-electron chi connectivity index (χ2n) is 5.05. The molecular weight excluding hydrogens is 292 g/mol. The first-order valence-corrected chi connectivity index (χ1v) is 7.07. The Hall–Kier alpha value is -3.22. The molecule has 0 radical (unpaired) electrons. The largest absolute Gasteiger partial charge is 0.351 e. The van der Waals surface area contributed by atoms with Gasteiger partial charge in [0.25, 0.3) is 5.91 Å². The average molecular weight is 308 g/mol. The third-order valence-electron chi connectivity index (χ3n) is 3.11. The van der Waals surface area contributed by atoms with E-state index in [1.54, 1.807) is 36.4 Å². The van der Waals surface area contributed by atoms with Gasteiger partial charge in [0.15, 0.2) is 5.69 Å². The molecule has 3 aromatic rings. The normalized spacial score (nSPS) is 10.3. The number of rotatable bonds is 4. The van der Waals surface area contributed by atoms with Crippen molar-refractivity contribution in [1.29, 1.82) is 0 Å². The second-order valence-corrected chi connectivity index (χ2v) is 5.05. The summed E-state index contributed by atoms with van der Waals surface area (Å²) in [5.41, 5.74) is 2.51. The van der Waals surface area contributed by atoms with Gasteiger partial charge in [0.05, 0.1) is 17.6 Å². The molecule has 116 valence electrons. The molecule has 7 nitrogen and oxygen atoms in total. The number of nitrogens with zero attached hydrogens (tertiary/aromatic N) is 4. The van der Waals surface area contributed by atoms with Crippen LogP contribution in [-0.4, -0.2) is 25.7 Å². The number of hydrogen-bond acceptors (Lipinski definition) is 5. The molecule has 0 unspecified atom stereocenters. The smallest absolute Gasteiger partial charge is 0.279 e. The van der Waals surface area contributed by atoms with E-state index < -0.39 is 0 Å². The molecule has 3 heterocycles. The number of amides is 1. The number of aryl methyl sites for hydroxylation is 2. The summed E-state index contributed by atoms with van der Waals surface area (Å²) in [5.74, 6) is 0.170. The Kier molecular flexibility index (Phi) is 4.01. The molecule has 0 atom stereocenters. The highest BCUT2D eigenvalue weighted by molar-refractivity contribution is 6.06. The minimum atomic E-state index is -0.324. The molecule has 0 aromatic carbocycles. The molecule has 3 aromatic heterocycles. The van der Waals surface area contributed by atoms with Gasteiger partial charge in [-0.25, -0.2) is 4.98 Å². The molecule has 0 spiro atoms. The zero-order valence-corrected chi connectivity index (χ0v) is 12.8. The Labute approximate surface area is 133 Å². The fraction of sp³-hybridized carbons (Fsp3) is 0.125. The Morgan fingerprint density at radius 3 is 2.83 bits per heavy atom. The highest BCUT2D eigenvalue weighted by atomic mass is 16.2. The highest BCUT2D eigenvalue weighted by Gasteiger charge is 2.17. The number of anilines is 3. The molecule has 0 aliphatic carbocycles. The molecule has 7 heteroatoms. The number of hydrogen-bond donors (Lipinski definition) is 2. The van der Waals surface area contributed by atoms with Crippen LogP contribution >= 0.6 is 0 Å². The lowest BCUT2D eigenvalue weighted by atomic mass is 10.3. The molecule has 0 fully saturated rings. The molecule has 0 bridgehead atoms. The standard InChI is InChI=1S/C16H16N6O/c1-11-5-3-7-14(18-11)20-16(23)15-13(10-22(2)21-15)19-12-6-4-8-17-9-12/h3-10,19H,1-2H3,(H,18,20,23). The zero-order valence-electron chi connectivity index (χ0n) is 12.8. The van der Waals surface area contributed by atoms with Crippen molar-refractivity contribution in [2.45, 2.75) is 6.92 Å². The maximum Gasteiger partial charge on any atom is 0.279 e. The minimum absolute atomic E-state index is 0.291. The summed E-state index contributed by atoms with van der Waals surface area (Å²) in [4.78, 5) is 20.8. The van der Waals surface area contributed by atoms with E-state index in [0.29, 0.717) is 17.2 Å². The average Bonchev–Trinajstić information content (AvgIpc) is 2.89. The summed E-state index contributed by atoms with van der Waals surface area (Å²) in [7, 11) is 1.76. The molecule has 0 aliphatic heterocycles. The summed E-state index contributed by atoms with van der Waals surface area (Å²) >= 11 is 0. The van der Waals surface area contributed by atoms with Crippen molar-refractivity contribution in [3.05, 3.63) is 60.3 Å². The van der Waals surface area contributed by atoms with E-state index in [-0.39, 0.29) is 5.91 Å². The molecule has 0 aliphatic rings. The van der Waals surface area contributed by atoms with Crippen LogP contribution in [0.2, 0.25) is 0 Å². The predicted octanol–water partition coefficient (Wildman–Crippen LogP) is 2.51. The Morgan fingerprint density at radius 2 is 2.09 bits per heavy atom. The summed E-state index contributed by atoms with van der Waals surface area (Å²) in [6, 6.07) is 9.12. The fourth-order valence-electron chi connectivity index (χ4n) is 2.13. The van der Waals surface area contributed by atoms with Crippen molar-refractivity contribution in [2.75, 3.05) is 10.6 Å². The lowest BCUT2D eigenvalue weighted by molar-refractivity contribution is 0.102. The van der Waals surface area contributed by atoms with E-state index in [1.807, 2.05) is 31.2 Å². The molecule has 23 heavy (non-hydrogen) atoms. The summed E-state index contributed by atoms with van der Waals surface area (Å²) in [5, 5.41) is 10.1. The number of carbonyl (C=O) groups is 1. The van der Waals surface area contributed by atoms with Crippen LogP contribution in [0.4, 0.5) is 17.2 Å². The van der Waals surface area contributed by atoms with Crippen molar-refractivity contribution < 1.29 is 4.79 Å². The van der Waals surface area contributed by atoms with E-state index in [0.717, 1.165) is 11.4 Å². The molecule has 3 rings (SSSR count).